The van der Waals surface area contributed by atoms with Gasteiger partial charge >= 0.3 is 6.09 Å². The van der Waals surface area contributed by atoms with Crippen LogP contribution in [0.25, 0.3) is 0 Å². The maximum Gasteiger partial charge on any atom is 0.404 e. The van der Waals surface area contributed by atoms with Crippen LogP contribution < -0.4 is 15.8 Å². The molecule has 4 aliphatic rings. The first-order valence-corrected chi connectivity index (χ1v) is 10.3. The van der Waals surface area contributed by atoms with E-state index in [0.29, 0.717) is 23.8 Å². The Labute approximate surface area is 183 Å². The molecule has 5 atom stereocenters. The minimum absolute atomic E-state index is 0.0957. The number of rotatable bonds is 5. The molecule has 5 unspecified atom stereocenters. The number of allylic oxidation sites excluding steroid dienone is 1. The smallest absolute Gasteiger partial charge is 0.404 e. The summed E-state index contributed by atoms with van der Waals surface area (Å²) in [7, 11) is 3.03. The molecule has 5 rings (SSSR count). The monoisotopic (exact) mass is 441 g/mol. The van der Waals surface area contributed by atoms with E-state index in [0.717, 1.165) is 0 Å². The van der Waals surface area contributed by atoms with Gasteiger partial charge in [0.15, 0.2) is 11.5 Å². The summed E-state index contributed by atoms with van der Waals surface area (Å²) in [6.45, 7) is 2.00. The number of nitrogens with two attached hydrogens (primary N) is 1. The highest BCUT2D eigenvalue weighted by Gasteiger charge is 2.73. The number of aliphatic imine (C=N–C) groups is 1. The van der Waals surface area contributed by atoms with Crippen molar-refractivity contribution in [2.75, 3.05) is 27.4 Å². The van der Waals surface area contributed by atoms with Crippen molar-refractivity contribution in [3.63, 3.8) is 0 Å². The topological polar surface area (TPSA) is 155 Å². The third kappa shape index (κ3) is 2.71. The molecule has 3 N–H and O–H groups in total. The minimum atomic E-state index is -1.01. The standard InChI is InChI=1S/C21H23N5O6/c1-9-15(24-10-4-5-13(30-2)23-6-10)18(28)14-11(8-32-20(22)29)21(31-3)19-12(25-19)7-26(21)16(14)17(9)27/h4-6,9,11-12,19,25H,7-8H2,1-3H3,(H2,22,29). The van der Waals surface area contributed by atoms with E-state index < -0.39 is 23.7 Å². The Kier molecular flexibility index (Phi) is 4.57. The van der Waals surface area contributed by atoms with Crippen LogP contribution in [0.5, 0.6) is 5.88 Å². The van der Waals surface area contributed by atoms with Crippen LogP contribution in [0, 0.1) is 11.8 Å². The number of Topliss-reactive ketones (excluding diaryl/α,β-unsaturated/α-hetero) is 2. The zero-order valence-electron chi connectivity index (χ0n) is 17.8. The second-order valence-corrected chi connectivity index (χ2v) is 8.23. The van der Waals surface area contributed by atoms with Crippen LogP contribution in [0.15, 0.2) is 34.6 Å². The highest BCUT2D eigenvalue weighted by molar-refractivity contribution is 6.53. The SMILES string of the molecule is COc1ccc(N=C2C(=O)C3=C(C(=O)C2C)N2CC4NC4C2(OC)C3COC(N)=O)cn1. The molecular weight excluding hydrogens is 418 g/mol. The van der Waals surface area contributed by atoms with Gasteiger partial charge in [-0.2, -0.15) is 0 Å². The number of hydrogen-bond acceptors (Lipinski definition) is 10. The molecule has 4 heterocycles. The van der Waals surface area contributed by atoms with Crippen molar-refractivity contribution in [2.45, 2.75) is 24.7 Å². The van der Waals surface area contributed by atoms with Crippen molar-refractivity contribution in [3.8, 4) is 5.88 Å². The number of nitrogens with zero attached hydrogens (tertiary/aromatic N) is 3. The fourth-order valence-electron chi connectivity index (χ4n) is 5.23. The zero-order chi connectivity index (χ0) is 22.8. The van der Waals surface area contributed by atoms with E-state index in [1.807, 2.05) is 4.90 Å². The molecule has 0 saturated carbocycles. The van der Waals surface area contributed by atoms with Crippen LogP contribution in [-0.4, -0.2) is 78.4 Å². The zero-order valence-corrected chi connectivity index (χ0v) is 17.8. The van der Waals surface area contributed by atoms with E-state index in [4.69, 9.17) is 19.9 Å². The molecule has 2 saturated heterocycles. The highest BCUT2D eigenvalue weighted by Crippen LogP contribution is 2.55. The van der Waals surface area contributed by atoms with Crippen LogP contribution in [0.1, 0.15) is 6.92 Å². The lowest BCUT2D eigenvalue weighted by atomic mass is 9.78. The average molecular weight is 441 g/mol. The van der Waals surface area contributed by atoms with E-state index >= 15 is 0 Å². The number of primary amides is 1. The Balaban J connectivity index is 1.59. The Hall–Kier alpha value is -3.31. The van der Waals surface area contributed by atoms with Crippen molar-refractivity contribution in [3.05, 3.63) is 29.6 Å². The maximum atomic E-state index is 13.7. The van der Waals surface area contributed by atoms with Gasteiger partial charge in [0.1, 0.15) is 6.61 Å². The number of nitrogens with one attached hydrogen (secondary N) is 1. The predicted molar refractivity (Wildman–Crippen MR) is 110 cm³/mol. The Bertz CT molecular complexity index is 1080. The third-order valence-electron chi connectivity index (χ3n) is 6.72. The molecule has 168 valence electrons. The molecule has 1 amide bonds. The first-order chi connectivity index (χ1) is 15.3. The van der Waals surface area contributed by atoms with Gasteiger partial charge in [0.05, 0.1) is 48.3 Å². The largest absolute Gasteiger partial charge is 0.481 e. The van der Waals surface area contributed by atoms with Crippen LogP contribution in [0.2, 0.25) is 0 Å². The lowest BCUT2D eigenvalue weighted by Gasteiger charge is -2.39. The number of fused-ring (bicyclic) bond motifs is 4. The van der Waals surface area contributed by atoms with Gasteiger partial charge in [0, 0.05) is 31.3 Å². The minimum Gasteiger partial charge on any atom is -0.481 e. The predicted octanol–water partition coefficient (Wildman–Crippen LogP) is -0.0715. The second-order valence-electron chi connectivity index (χ2n) is 8.23. The first kappa shape index (κ1) is 20.6. The number of methoxy groups -OCH3 is 2. The van der Waals surface area contributed by atoms with Crippen LogP contribution in [0.4, 0.5) is 10.5 Å². The first-order valence-electron chi connectivity index (χ1n) is 10.3. The summed E-state index contributed by atoms with van der Waals surface area (Å²) in [5.74, 6) is -1.62. The number of carbonyl (C=O) groups excluding carboxylic acids is 3. The van der Waals surface area contributed by atoms with Crippen LogP contribution in [0.3, 0.4) is 0 Å². The fourth-order valence-corrected chi connectivity index (χ4v) is 5.23. The normalized spacial score (nSPS) is 33.8. The molecule has 0 radical (unpaired) electrons. The number of hydrogen-bond donors (Lipinski definition) is 2. The molecule has 11 heteroatoms. The van der Waals surface area contributed by atoms with Gasteiger partial charge in [-0.3, -0.25) is 9.59 Å². The van der Waals surface area contributed by atoms with Gasteiger partial charge in [0.25, 0.3) is 0 Å². The second kappa shape index (κ2) is 7.10. The summed E-state index contributed by atoms with van der Waals surface area (Å²) in [5, 5.41) is 3.32. The van der Waals surface area contributed by atoms with E-state index in [2.05, 4.69) is 15.3 Å². The lowest BCUT2D eigenvalue weighted by Crippen LogP contribution is -2.55. The van der Waals surface area contributed by atoms with Gasteiger partial charge in [-0.05, 0) is 13.0 Å². The Morgan fingerprint density at radius 1 is 1.38 bits per heavy atom. The molecule has 3 aliphatic heterocycles. The third-order valence-corrected chi connectivity index (χ3v) is 6.72. The lowest BCUT2D eigenvalue weighted by molar-refractivity contribution is -0.138. The summed E-state index contributed by atoms with van der Waals surface area (Å²) in [6.07, 6.45) is 0.507. The van der Waals surface area contributed by atoms with Crippen molar-refractivity contribution in [1.82, 2.24) is 15.2 Å². The molecule has 0 bridgehead atoms. The Morgan fingerprint density at radius 3 is 2.78 bits per heavy atom. The number of ether oxygens (including phenoxy) is 3. The van der Waals surface area contributed by atoms with E-state index in [-0.39, 0.29) is 41.5 Å². The maximum absolute atomic E-state index is 13.7. The summed E-state index contributed by atoms with van der Waals surface area (Å²) in [4.78, 5) is 49.0. The van der Waals surface area contributed by atoms with Gasteiger partial charge in [-0.15, -0.1) is 0 Å². The highest BCUT2D eigenvalue weighted by atomic mass is 16.6. The summed E-state index contributed by atoms with van der Waals surface area (Å²) in [6, 6.07) is 3.32. The van der Waals surface area contributed by atoms with Crippen LogP contribution >= 0.6 is 0 Å². The van der Waals surface area contributed by atoms with Gasteiger partial charge in [-0.25, -0.2) is 14.8 Å². The number of carbonyl (C=O) groups is 3. The van der Waals surface area contributed by atoms with E-state index in [9.17, 15) is 14.4 Å². The summed E-state index contributed by atoms with van der Waals surface area (Å²) < 4.78 is 16.1. The number of amides is 1. The molecule has 2 fully saturated rings. The quantitative estimate of drug-likeness (QED) is 0.597. The van der Waals surface area contributed by atoms with E-state index in [1.165, 1.54) is 20.4 Å². The number of pyridine rings is 1. The molecule has 32 heavy (non-hydrogen) atoms. The molecule has 11 nitrogen and oxygen atoms in total. The molecule has 1 aromatic rings. The number of piperazine rings is 1. The van der Waals surface area contributed by atoms with Gasteiger partial charge < -0.3 is 30.2 Å². The van der Waals surface area contributed by atoms with Gasteiger partial charge in [0.2, 0.25) is 11.7 Å². The van der Waals surface area contributed by atoms with E-state index in [1.54, 1.807) is 19.1 Å². The molecule has 1 aliphatic carbocycles. The average Bonchev–Trinajstić information content (AvgIpc) is 3.40. The van der Waals surface area contributed by atoms with Crippen LogP contribution in [-0.2, 0) is 19.1 Å². The summed E-state index contributed by atoms with van der Waals surface area (Å²) >= 11 is 0. The Morgan fingerprint density at radius 2 is 2.16 bits per heavy atom. The number of aromatic nitrogens is 1. The van der Waals surface area contributed by atoms with Crippen molar-refractivity contribution >= 4 is 29.1 Å². The molecule has 0 spiro atoms. The van der Waals surface area contributed by atoms with Crippen molar-refractivity contribution in [2.24, 2.45) is 22.6 Å². The summed E-state index contributed by atoms with van der Waals surface area (Å²) in [5.41, 5.74) is 5.30. The van der Waals surface area contributed by atoms with Crippen molar-refractivity contribution < 1.29 is 28.6 Å². The van der Waals surface area contributed by atoms with Crippen molar-refractivity contribution in [1.29, 1.82) is 0 Å². The molecule has 1 aromatic heterocycles. The molecular formula is C21H23N5O6. The number of ketones is 2. The fraction of sp³-hybridized carbons (Fsp3) is 0.476. The van der Waals surface area contributed by atoms with Gasteiger partial charge in [-0.1, -0.05) is 0 Å². The molecule has 0 aromatic carbocycles.